The first kappa shape index (κ1) is 48.5. The highest BCUT2D eigenvalue weighted by Gasteiger charge is 2.23. The highest BCUT2D eigenvalue weighted by Crippen LogP contribution is 2.26. The Kier molecular flexibility index (Phi) is 16.0. The van der Waals surface area contributed by atoms with E-state index in [2.05, 4.69) is 36.2 Å². The molecule has 7 rings (SSSR count). The van der Waals surface area contributed by atoms with E-state index in [4.69, 9.17) is 51.8 Å². The maximum atomic E-state index is 14.8. The van der Waals surface area contributed by atoms with Gasteiger partial charge in [-0.25, -0.2) is 18.7 Å². The van der Waals surface area contributed by atoms with Gasteiger partial charge in [0.25, 0.3) is 23.6 Å². The smallest absolute Gasteiger partial charge is 0.258 e. The number of amides is 4. The number of carbonyl (C=O) groups excluding carboxylic acids is 4. The molecule has 3 heterocycles. The normalized spacial score (nSPS) is 11.9. The number of anilines is 4. The number of carbonyl (C=O) groups is 4. The standard InChI is InChI=1S/C23H18Cl2FN5O2.C23H20Cl2FN5O2/c24-14-3-6-19(17(11-14)23(33)30-20-7-4-15(25)12-28-20)29-22(32)16-5-2-13(10-18(16)26)21(27)31-8-1-9-31;1-27-21(31(2)3)13-4-7-16(18(26)10-13)22(32)29-19-8-5-14(24)11-17(19)23(33)30-20-9-6-15(25)12-28-20/h2-7,10-12,27H,1,8-9H2,(H,29,32)(H,28,30,33);4-12H,1-3H3,(H,29,32)(H,28,30,33). The van der Waals surface area contributed by atoms with Crippen molar-refractivity contribution in [2.75, 3.05) is 55.5 Å². The summed E-state index contributed by atoms with van der Waals surface area (Å²) >= 11 is 23.7. The number of nitrogens with one attached hydrogen (secondary N) is 5. The Labute approximate surface area is 397 Å². The minimum Gasteiger partial charge on any atom is -0.363 e. The monoisotopic (exact) mass is 972 g/mol. The summed E-state index contributed by atoms with van der Waals surface area (Å²) in [6.07, 6.45) is 3.76. The Balaban J connectivity index is 0.000000218. The summed E-state index contributed by atoms with van der Waals surface area (Å²) in [5.41, 5.74) is 0.978. The quantitative estimate of drug-likeness (QED) is 0.0663. The van der Waals surface area contributed by atoms with Crippen LogP contribution in [0.5, 0.6) is 0 Å². The van der Waals surface area contributed by atoms with Gasteiger partial charge in [-0.15, -0.1) is 0 Å². The van der Waals surface area contributed by atoms with Crippen LogP contribution in [-0.2, 0) is 0 Å². The van der Waals surface area contributed by atoms with Crippen LogP contribution in [-0.4, -0.2) is 89.3 Å². The van der Waals surface area contributed by atoms with Crippen LogP contribution in [0.1, 0.15) is 59.0 Å². The Morgan fingerprint density at radius 2 is 1.02 bits per heavy atom. The van der Waals surface area contributed by atoms with Crippen LogP contribution in [0.15, 0.2) is 114 Å². The van der Waals surface area contributed by atoms with Gasteiger partial charge in [-0.3, -0.25) is 29.6 Å². The van der Waals surface area contributed by atoms with Crippen LogP contribution in [0.3, 0.4) is 0 Å². The largest absolute Gasteiger partial charge is 0.363 e. The van der Waals surface area contributed by atoms with Gasteiger partial charge in [-0.05, 0) is 91.3 Å². The van der Waals surface area contributed by atoms with E-state index >= 15 is 0 Å². The third-order valence-electron chi connectivity index (χ3n) is 9.65. The van der Waals surface area contributed by atoms with Gasteiger partial charge in [-0.1, -0.05) is 58.5 Å². The number of hydrogen-bond acceptors (Lipinski definition) is 8. The van der Waals surface area contributed by atoms with Crippen molar-refractivity contribution in [2.45, 2.75) is 6.42 Å². The Bertz CT molecular complexity index is 2860. The van der Waals surface area contributed by atoms with E-state index in [-0.39, 0.29) is 61.1 Å². The average Bonchev–Trinajstić information content (AvgIpc) is 3.26. The molecule has 338 valence electrons. The lowest BCUT2D eigenvalue weighted by molar-refractivity contribution is 0.100. The summed E-state index contributed by atoms with van der Waals surface area (Å²) in [5, 5.41) is 19.9. The van der Waals surface area contributed by atoms with Crippen LogP contribution < -0.4 is 21.3 Å². The molecule has 6 aromatic rings. The van der Waals surface area contributed by atoms with E-state index in [9.17, 15) is 28.0 Å². The highest BCUT2D eigenvalue weighted by molar-refractivity contribution is 6.32. The second-order valence-electron chi connectivity index (χ2n) is 14.4. The molecule has 1 fully saturated rings. The van der Waals surface area contributed by atoms with E-state index in [1.165, 1.54) is 85.2 Å². The molecule has 1 aliphatic heterocycles. The molecule has 5 N–H and O–H groups in total. The molecule has 1 aliphatic rings. The van der Waals surface area contributed by atoms with Gasteiger partial charge in [0, 0.05) is 67.8 Å². The highest BCUT2D eigenvalue weighted by atomic mass is 35.5. The maximum absolute atomic E-state index is 14.8. The number of amidine groups is 2. The van der Waals surface area contributed by atoms with E-state index < -0.39 is 35.3 Å². The zero-order valence-electron chi connectivity index (χ0n) is 35.2. The summed E-state index contributed by atoms with van der Waals surface area (Å²) in [5.74, 6) is -2.78. The van der Waals surface area contributed by atoms with Crippen molar-refractivity contribution in [1.82, 2.24) is 19.8 Å². The van der Waals surface area contributed by atoms with Crippen molar-refractivity contribution in [2.24, 2.45) is 4.99 Å². The number of halogens is 6. The zero-order chi connectivity index (χ0) is 47.7. The number of pyridine rings is 2. The molecule has 0 saturated carbocycles. The molecule has 14 nitrogen and oxygen atoms in total. The predicted molar refractivity (Wildman–Crippen MR) is 255 cm³/mol. The number of aromatic nitrogens is 2. The molecule has 0 spiro atoms. The lowest BCUT2D eigenvalue weighted by Gasteiger charge is -2.33. The minimum atomic E-state index is -0.763. The third-order valence-corrected chi connectivity index (χ3v) is 10.6. The van der Waals surface area contributed by atoms with Gasteiger partial charge in [0.2, 0.25) is 0 Å². The van der Waals surface area contributed by atoms with Crippen molar-refractivity contribution in [3.8, 4) is 0 Å². The van der Waals surface area contributed by atoms with Gasteiger partial charge in [0.15, 0.2) is 0 Å². The summed E-state index contributed by atoms with van der Waals surface area (Å²) in [6.45, 7) is 1.52. The van der Waals surface area contributed by atoms with Crippen LogP contribution in [0, 0.1) is 17.0 Å². The number of rotatable bonds is 10. The molecule has 20 heteroatoms. The molecular weight excluding hydrogens is 936 g/mol. The molecule has 0 bridgehead atoms. The molecule has 66 heavy (non-hydrogen) atoms. The lowest BCUT2D eigenvalue weighted by Crippen LogP contribution is -2.42. The topological polar surface area (TPSA) is 185 Å². The molecule has 2 aromatic heterocycles. The first-order valence-electron chi connectivity index (χ1n) is 19.7. The third kappa shape index (κ3) is 12.2. The zero-order valence-corrected chi connectivity index (χ0v) is 38.2. The Morgan fingerprint density at radius 1 is 0.591 bits per heavy atom. The van der Waals surface area contributed by atoms with E-state index in [0.717, 1.165) is 25.6 Å². The number of likely N-dealkylation sites (tertiary alicyclic amines) is 1. The Hall–Kier alpha value is -6.98. The fraction of sp³-hybridized carbons (Fsp3) is 0.130. The number of aliphatic imine (C=N–C) groups is 1. The van der Waals surface area contributed by atoms with E-state index in [1.807, 2.05) is 4.90 Å². The second kappa shape index (κ2) is 21.8. The van der Waals surface area contributed by atoms with Crippen molar-refractivity contribution in [3.63, 3.8) is 0 Å². The first-order valence-corrected chi connectivity index (χ1v) is 21.2. The fourth-order valence-electron chi connectivity index (χ4n) is 6.27. The van der Waals surface area contributed by atoms with Gasteiger partial charge in [0.05, 0.1) is 43.7 Å². The summed E-state index contributed by atoms with van der Waals surface area (Å²) in [6, 6.07) is 23.1. The van der Waals surface area contributed by atoms with E-state index in [0.29, 0.717) is 27.0 Å². The van der Waals surface area contributed by atoms with Gasteiger partial charge >= 0.3 is 0 Å². The van der Waals surface area contributed by atoms with Crippen molar-refractivity contribution in [1.29, 1.82) is 5.41 Å². The first-order chi connectivity index (χ1) is 31.5. The number of hydrogen-bond donors (Lipinski definition) is 5. The van der Waals surface area contributed by atoms with Crippen molar-refractivity contribution in [3.05, 3.63) is 175 Å². The van der Waals surface area contributed by atoms with Crippen molar-refractivity contribution >= 4 is 105 Å². The van der Waals surface area contributed by atoms with Crippen LogP contribution in [0.4, 0.5) is 31.8 Å². The fourth-order valence-corrected chi connectivity index (χ4v) is 6.84. The average molecular weight is 975 g/mol. The molecule has 1 saturated heterocycles. The number of nitrogens with zero attached hydrogens (tertiary/aromatic N) is 5. The van der Waals surface area contributed by atoms with Crippen molar-refractivity contribution < 1.29 is 28.0 Å². The SMILES string of the molecule is CN=C(c1ccc(C(=O)Nc2ccc(Cl)cc2C(=O)Nc2ccc(Cl)cn2)c(F)c1)N(C)C.N=C(c1ccc(C(=O)Nc2ccc(Cl)cc2C(=O)Nc2ccc(Cl)cn2)c(F)c1)N1CCC1. The van der Waals surface area contributed by atoms with Gasteiger partial charge < -0.3 is 31.1 Å². The van der Waals surface area contributed by atoms with Gasteiger partial charge in [-0.2, -0.15) is 0 Å². The molecule has 0 atom stereocenters. The minimum absolute atomic E-state index is 0.0733. The van der Waals surface area contributed by atoms with Crippen LogP contribution >= 0.6 is 46.4 Å². The number of benzene rings is 4. The second-order valence-corrected chi connectivity index (χ2v) is 16.2. The summed E-state index contributed by atoms with van der Waals surface area (Å²) in [7, 11) is 5.17. The predicted octanol–water partition coefficient (Wildman–Crippen LogP) is 10.0. The maximum Gasteiger partial charge on any atom is 0.258 e. The molecule has 0 radical (unpaired) electrons. The summed E-state index contributed by atoms with van der Waals surface area (Å²) < 4.78 is 29.4. The molecule has 4 amide bonds. The van der Waals surface area contributed by atoms with Gasteiger partial charge in [0.1, 0.15) is 34.9 Å². The molecule has 4 aromatic carbocycles. The summed E-state index contributed by atoms with van der Waals surface area (Å²) in [4.78, 5) is 66.8. The lowest BCUT2D eigenvalue weighted by atomic mass is 10.1. The molecular formula is C46H38Cl4F2N10O4. The van der Waals surface area contributed by atoms with Crippen LogP contribution in [0.25, 0.3) is 0 Å². The molecule has 0 unspecified atom stereocenters. The van der Waals surface area contributed by atoms with E-state index in [1.54, 1.807) is 44.2 Å². The van der Waals surface area contributed by atoms with Crippen LogP contribution in [0.2, 0.25) is 20.1 Å². The molecule has 0 aliphatic carbocycles. The Morgan fingerprint density at radius 3 is 1.39 bits per heavy atom.